The van der Waals surface area contributed by atoms with Crippen molar-refractivity contribution in [3.05, 3.63) is 60.3 Å². The smallest absolute Gasteiger partial charge is 0.125 e. The van der Waals surface area contributed by atoms with E-state index in [0.717, 1.165) is 12.4 Å². The second-order valence-corrected chi connectivity index (χ2v) is 3.95. The van der Waals surface area contributed by atoms with Crippen molar-refractivity contribution >= 4 is 5.82 Å². The normalized spacial score (nSPS) is 12.1. The minimum absolute atomic E-state index is 0.0539. The average molecular weight is 242 g/mol. The fourth-order valence-corrected chi connectivity index (χ4v) is 1.81. The first-order valence-corrected chi connectivity index (χ1v) is 6.21. The number of benzene rings is 1. The molecule has 0 aliphatic heterocycles. The van der Waals surface area contributed by atoms with Crippen molar-refractivity contribution in [3.63, 3.8) is 0 Å². The summed E-state index contributed by atoms with van der Waals surface area (Å²) in [6.45, 7) is 3.43. The number of nitrogens with zero attached hydrogens (tertiary/aromatic N) is 1. The number of hydrogen-bond acceptors (Lipinski definition) is 3. The monoisotopic (exact) mass is 242 g/mol. The zero-order valence-electron chi connectivity index (χ0n) is 10.5. The average Bonchev–Trinajstić information content (AvgIpc) is 2.45. The fourth-order valence-electron chi connectivity index (χ4n) is 1.81. The summed E-state index contributed by atoms with van der Waals surface area (Å²) in [7, 11) is 0. The minimum Gasteiger partial charge on any atom is -0.372 e. The maximum absolute atomic E-state index is 5.76. The van der Waals surface area contributed by atoms with Gasteiger partial charge in [0, 0.05) is 19.3 Å². The molecule has 1 aromatic carbocycles. The molecule has 1 aromatic heterocycles. The number of hydrogen-bond donors (Lipinski definition) is 1. The van der Waals surface area contributed by atoms with Crippen molar-refractivity contribution in [2.75, 3.05) is 18.5 Å². The second kappa shape index (κ2) is 6.77. The van der Waals surface area contributed by atoms with Crippen molar-refractivity contribution in [2.45, 2.75) is 13.0 Å². The summed E-state index contributed by atoms with van der Waals surface area (Å²) in [4.78, 5) is 4.24. The first-order chi connectivity index (χ1) is 8.90. The summed E-state index contributed by atoms with van der Waals surface area (Å²) in [6.07, 6.45) is 1.83. The molecule has 0 saturated carbocycles. The van der Waals surface area contributed by atoms with E-state index in [-0.39, 0.29) is 6.10 Å². The van der Waals surface area contributed by atoms with Crippen molar-refractivity contribution in [2.24, 2.45) is 0 Å². The molecule has 1 heterocycles. The van der Waals surface area contributed by atoms with Gasteiger partial charge in [0.15, 0.2) is 0 Å². The Labute approximate surface area is 108 Å². The van der Waals surface area contributed by atoms with Crippen LogP contribution in [-0.2, 0) is 4.74 Å². The van der Waals surface area contributed by atoms with Crippen LogP contribution in [-0.4, -0.2) is 18.1 Å². The number of pyridine rings is 1. The summed E-state index contributed by atoms with van der Waals surface area (Å²) in [5.74, 6) is 0.873. The van der Waals surface area contributed by atoms with Gasteiger partial charge < -0.3 is 10.1 Å². The topological polar surface area (TPSA) is 34.1 Å². The molecule has 94 valence electrons. The van der Waals surface area contributed by atoms with Gasteiger partial charge in [0.25, 0.3) is 0 Å². The first kappa shape index (κ1) is 12.6. The highest BCUT2D eigenvalue weighted by molar-refractivity contribution is 5.34. The second-order valence-electron chi connectivity index (χ2n) is 3.95. The number of ether oxygens (including phenoxy) is 1. The van der Waals surface area contributed by atoms with Crippen molar-refractivity contribution in [1.82, 2.24) is 4.98 Å². The van der Waals surface area contributed by atoms with Crippen molar-refractivity contribution < 1.29 is 4.74 Å². The predicted molar refractivity (Wildman–Crippen MR) is 73.5 cm³/mol. The highest BCUT2D eigenvalue weighted by Gasteiger charge is 2.10. The molecule has 0 aliphatic rings. The molecular weight excluding hydrogens is 224 g/mol. The lowest BCUT2D eigenvalue weighted by Gasteiger charge is -2.18. The van der Waals surface area contributed by atoms with Crippen molar-refractivity contribution in [3.8, 4) is 0 Å². The lowest BCUT2D eigenvalue weighted by atomic mass is 10.1. The van der Waals surface area contributed by atoms with Gasteiger partial charge in [-0.05, 0) is 24.6 Å². The van der Waals surface area contributed by atoms with E-state index in [1.165, 1.54) is 5.56 Å². The standard InChI is InChI=1S/C15H18N2O/c1-2-18-14(13-8-4-3-5-9-13)12-17-15-10-6-7-11-16-15/h3-11,14H,2,12H2,1H3,(H,16,17). The van der Waals surface area contributed by atoms with E-state index >= 15 is 0 Å². The molecule has 3 nitrogen and oxygen atoms in total. The van der Waals surface area contributed by atoms with E-state index in [1.807, 2.05) is 43.3 Å². The Morgan fingerprint density at radius 3 is 2.56 bits per heavy atom. The Hall–Kier alpha value is -1.87. The van der Waals surface area contributed by atoms with Gasteiger partial charge in [0.1, 0.15) is 5.82 Å². The third-order valence-electron chi connectivity index (χ3n) is 2.67. The molecule has 0 bridgehead atoms. The molecule has 18 heavy (non-hydrogen) atoms. The third kappa shape index (κ3) is 3.57. The van der Waals surface area contributed by atoms with Gasteiger partial charge in [-0.1, -0.05) is 36.4 Å². The van der Waals surface area contributed by atoms with Gasteiger partial charge in [0.05, 0.1) is 6.10 Å². The lowest BCUT2D eigenvalue weighted by Crippen LogP contribution is -2.16. The lowest BCUT2D eigenvalue weighted by molar-refractivity contribution is 0.0718. The van der Waals surface area contributed by atoms with E-state index in [4.69, 9.17) is 4.74 Å². The highest BCUT2D eigenvalue weighted by Crippen LogP contribution is 2.17. The van der Waals surface area contributed by atoms with Crippen LogP contribution >= 0.6 is 0 Å². The molecule has 2 rings (SSSR count). The highest BCUT2D eigenvalue weighted by atomic mass is 16.5. The van der Waals surface area contributed by atoms with Crippen LogP contribution in [0.25, 0.3) is 0 Å². The van der Waals surface area contributed by atoms with Crippen molar-refractivity contribution in [1.29, 1.82) is 0 Å². The fraction of sp³-hybridized carbons (Fsp3) is 0.267. The molecule has 1 atom stereocenters. The Morgan fingerprint density at radius 2 is 1.89 bits per heavy atom. The Kier molecular flexibility index (Phi) is 4.73. The number of anilines is 1. The van der Waals surface area contributed by atoms with Gasteiger partial charge in [0.2, 0.25) is 0 Å². The van der Waals surface area contributed by atoms with Gasteiger partial charge in [-0.2, -0.15) is 0 Å². The Morgan fingerprint density at radius 1 is 1.11 bits per heavy atom. The largest absolute Gasteiger partial charge is 0.372 e. The molecule has 0 radical (unpaired) electrons. The van der Waals surface area contributed by atoms with Crippen LogP contribution in [0.1, 0.15) is 18.6 Å². The summed E-state index contributed by atoms with van der Waals surface area (Å²) >= 11 is 0. The molecule has 3 heteroatoms. The maximum atomic E-state index is 5.76. The van der Waals surface area contributed by atoms with E-state index in [0.29, 0.717) is 6.61 Å². The number of aromatic nitrogens is 1. The van der Waals surface area contributed by atoms with Crippen LogP contribution < -0.4 is 5.32 Å². The zero-order valence-corrected chi connectivity index (χ0v) is 10.5. The molecule has 1 N–H and O–H groups in total. The van der Waals surface area contributed by atoms with Gasteiger partial charge in [-0.3, -0.25) is 0 Å². The van der Waals surface area contributed by atoms with Crippen LogP contribution in [0.5, 0.6) is 0 Å². The molecular formula is C15H18N2O. The zero-order chi connectivity index (χ0) is 12.6. The van der Waals surface area contributed by atoms with Gasteiger partial charge in [-0.25, -0.2) is 4.98 Å². The van der Waals surface area contributed by atoms with E-state index in [9.17, 15) is 0 Å². The molecule has 0 amide bonds. The summed E-state index contributed by atoms with van der Waals surface area (Å²) < 4.78 is 5.76. The SMILES string of the molecule is CCOC(CNc1ccccn1)c1ccccc1. The maximum Gasteiger partial charge on any atom is 0.125 e. The van der Waals surface area contributed by atoms with Crippen LogP contribution in [0.15, 0.2) is 54.7 Å². The van der Waals surface area contributed by atoms with E-state index in [2.05, 4.69) is 22.4 Å². The van der Waals surface area contributed by atoms with Crippen LogP contribution in [0.4, 0.5) is 5.82 Å². The van der Waals surface area contributed by atoms with E-state index in [1.54, 1.807) is 6.20 Å². The summed E-state index contributed by atoms with van der Waals surface area (Å²) in [6, 6.07) is 16.1. The van der Waals surface area contributed by atoms with Crippen LogP contribution in [0, 0.1) is 0 Å². The molecule has 2 aromatic rings. The summed E-state index contributed by atoms with van der Waals surface area (Å²) in [5, 5.41) is 3.29. The molecule has 0 fully saturated rings. The van der Waals surface area contributed by atoms with Crippen LogP contribution in [0.3, 0.4) is 0 Å². The summed E-state index contributed by atoms with van der Waals surface area (Å²) in [5.41, 5.74) is 1.18. The number of nitrogens with one attached hydrogen (secondary N) is 1. The molecule has 0 spiro atoms. The Bertz CT molecular complexity index is 445. The van der Waals surface area contributed by atoms with Gasteiger partial charge >= 0.3 is 0 Å². The molecule has 1 unspecified atom stereocenters. The van der Waals surface area contributed by atoms with E-state index < -0.39 is 0 Å². The third-order valence-corrected chi connectivity index (χ3v) is 2.67. The quantitative estimate of drug-likeness (QED) is 0.844. The van der Waals surface area contributed by atoms with Gasteiger partial charge in [-0.15, -0.1) is 0 Å². The minimum atomic E-state index is 0.0539. The Balaban J connectivity index is 1.99. The predicted octanol–water partition coefficient (Wildman–Crippen LogP) is 3.27. The molecule has 0 saturated heterocycles. The molecule has 0 aliphatic carbocycles. The number of rotatable bonds is 6. The first-order valence-electron chi connectivity index (χ1n) is 6.21. The van der Waals surface area contributed by atoms with Crippen LogP contribution in [0.2, 0.25) is 0 Å².